The third kappa shape index (κ3) is 3.83. The highest BCUT2D eigenvalue weighted by Crippen LogP contribution is 2.27. The Hall–Kier alpha value is -2.78. The molecule has 0 spiro atoms. The van der Waals surface area contributed by atoms with Crippen LogP contribution in [0.4, 0.5) is 5.69 Å². The number of carbonyl (C=O) groups is 1. The molecule has 0 aliphatic carbocycles. The van der Waals surface area contributed by atoms with Crippen LogP contribution in [0.2, 0.25) is 5.02 Å². The Morgan fingerprint density at radius 3 is 2.64 bits per heavy atom. The lowest BCUT2D eigenvalue weighted by Gasteiger charge is -2.04. The molecule has 3 aromatic rings. The van der Waals surface area contributed by atoms with Crippen LogP contribution in [0.5, 0.6) is 0 Å². The molecule has 126 valence electrons. The van der Waals surface area contributed by atoms with Gasteiger partial charge in [-0.05, 0) is 48.9 Å². The van der Waals surface area contributed by atoms with Crippen LogP contribution in [0.3, 0.4) is 0 Å². The summed E-state index contributed by atoms with van der Waals surface area (Å²) in [6, 6.07) is 13.6. The van der Waals surface area contributed by atoms with E-state index in [4.69, 9.17) is 11.6 Å². The van der Waals surface area contributed by atoms with Gasteiger partial charge >= 0.3 is 0 Å². The van der Waals surface area contributed by atoms with Gasteiger partial charge in [-0.15, -0.1) is 0 Å². The van der Waals surface area contributed by atoms with Gasteiger partial charge in [0, 0.05) is 39.9 Å². The lowest BCUT2D eigenvalue weighted by atomic mass is 10.1. The van der Waals surface area contributed by atoms with Crippen molar-refractivity contribution in [3.05, 3.63) is 77.5 Å². The molecule has 1 heterocycles. The number of nitrogens with zero attached hydrogens (tertiary/aromatic N) is 1. The molecule has 1 amide bonds. The molecular formula is C21H19ClN2O. The van der Waals surface area contributed by atoms with E-state index in [1.807, 2.05) is 42.5 Å². The maximum atomic E-state index is 11.5. The molecule has 3 rings (SSSR count). The first-order valence-corrected chi connectivity index (χ1v) is 8.48. The van der Waals surface area contributed by atoms with E-state index >= 15 is 0 Å². The van der Waals surface area contributed by atoms with Gasteiger partial charge in [0.15, 0.2) is 0 Å². The smallest absolute Gasteiger partial charge is 0.247 e. The molecule has 0 fully saturated rings. The van der Waals surface area contributed by atoms with Gasteiger partial charge in [0.05, 0.1) is 0 Å². The number of amides is 1. The number of halogens is 1. The van der Waals surface area contributed by atoms with Crippen LogP contribution < -0.4 is 5.32 Å². The van der Waals surface area contributed by atoms with Gasteiger partial charge in [-0.2, -0.15) is 0 Å². The minimum atomic E-state index is -0.215. The van der Waals surface area contributed by atoms with Crippen LogP contribution in [0, 0.1) is 0 Å². The van der Waals surface area contributed by atoms with E-state index in [-0.39, 0.29) is 5.91 Å². The zero-order valence-electron chi connectivity index (χ0n) is 14.0. The SMILES string of the molecule is C=CC(=O)Nc1ccc2c(c1)c(/C=C/c1ccc(Cl)cc1)cn2CC. The van der Waals surface area contributed by atoms with Crippen LogP contribution >= 0.6 is 11.6 Å². The van der Waals surface area contributed by atoms with Crippen LogP contribution in [0.15, 0.2) is 61.3 Å². The Bertz CT molecular complexity index is 952. The summed E-state index contributed by atoms with van der Waals surface area (Å²) >= 11 is 5.93. The average Bonchev–Trinajstić information content (AvgIpc) is 2.98. The van der Waals surface area contributed by atoms with Crippen molar-refractivity contribution in [3.63, 3.8) is 0 Å². The first kappa shape index (κ1) is 17.1. The second-order valence-corrected chi connectivity index (χ2v) is 6.12. The van der Waals surface area contributed by atoms with Gasteiger partial charge in [0.1, 0.15) is 0 Å². The fourth-order valence-corrected chi connectivity index (χ4v) is 2.88. The predicted molar refractivity (Wildman–Crippen MR) is 107 cm³/mol. The normalized spacial score (nSPS) is 11.1. The number of aromatic nitrogens is 1. The van der Waals surface area contributed by atoms with Crippen molar-refractivity contribution in [3.8, 4) is 0 Å². The molecule has 25 heavy (non-hydrogen) atoms. The predicted octanol–water partition coefficient (Wildman–Crippen LogP) is 5.61. The van der Waals surface area contributed by atoms with E-state index in [1.165, 1.54) is 6.08 Å². The first-order valence-electron chi connectivity index (χ1n) is 8.10. The van der Waals surface area contributed by atoms with Crippen LogP contribution in [-0.4, -0.2) is 10.5 Å². The zero-order chi connectivity index (χ0) is 17.8. The van der Waals surface area contributed by atoms with Crippen molar-refractivity contribution < 1.29 is 4.79 Å². The molecule has 0 radical (unpaired) electrons. The summed E-state index contributed by atoms with van der Waals surface area (Å²) < 4.78 is 2.19. The first-order chi connectivity index (χ1) is 12.1. The molecule has 2 aromatic carbocycles. The Balaban J connectivity index is 2.00. The van der Waals surface area contributed by atoms with Gasteiger partial charge in [-0.1, -0.05) is 42.5 Å². The number of aryl methyl sites for hydroxylation is 1. The van der Waals surface area contributed by atoms with E-state index in [9.17, 15) is 4.79 Å². The Kier molecular flexibility index (Phi) is 5.05. The van der Waals surface area contributed by atoms with Gasteiger partial charge in [-0.25, -0.2) is 0 Å². The summed E-state index contributed by atoms with van der Waals surface area (Å²) in [7, 11) is 0. The summed E-state index contributed by atoms with van der Waals surface area (Å²) in [5, 5.41) is 4.63. The molecule has 1 N–H and O–H groups in total. The highest BCUT2D eigenvalue weighted by atomic mass is 35.5. The summed E-state index contributed by atoms with van der Waals surface area (Å²) in [5.74, 6) is -0.215. The molecule has 1 aromatic heterocycles. The molecule has 4 heteroatoms. The minimum Gasteiger partial charge on any atom is -0.347 e. The monoisotopic (exact) mass is 350 g/mol. The lowest BCUT2D eigenvalue weighted by Crippen LogP contribution is -2.06. The number of anilines is 1. The molecule has 0 aliphatic heterocycles. The maximum absolute atomic E-state index is 11.5. The third-order valence-electron chi connectivity index (χ3n) is 4.03. The van der Waals surface area contributed by atoms with Gasteiger partial charge < -0.3 is 9.88 Å². The van der Waals surface area contributed by atoms with E-state index in [0.29, 0.717) is 0 Å². The van der Waals surface area contributed by atoms with Gasteiger partial charge in [0.25, 0.3) is 0 Å². The molecular weight excluding hydrogens is 332 g/mol. The van der Waals surface area contributed by atoms with Crippen molar-refractivity contribution in [1.82, 2.24) is 4.57 Å². The van der Waals surface area contributed by atoms with Crippen LogP contribution in [0.25, 0.3) is 23.1 Å². The van der Waals surface area contributed by atoms with Crippen molar-refractivity contribution in [2.24, 2.45) is 0 Å². The number of hydrogen-bond acceptors (Lipinski definition) is 1. The molecule has 0 unspecified atom stereocenters. The largest absolute Gasteiger partial charge is 0.347 e. The Morgan fingerprint density at radius 1 is 1.20 bits per heavy atom. The lowest BCUT2D eigenvalue weighted by molar-refractivity contribution is -0.111. The number of hydrogen-bond donors (Lipinski definition) is 1. The maximum Gasteiger partial charge on any atom is 0.247 e. The van der Waals surface area contributed by atoms with Crippen molar-refractivity contribution in [2.75, 3.05) is 5.32 Å². The Labute approximate surface area is 152 Å². The summed E-state index contributed by atoms with van der Waals surface area (Å²) in [4.78, 5) is 11.5. The second kappa shape index (κ2) is 7.41. The summed E-state index contributed by atoms with van der Waals surface area (Å²) in [6.07, 6.45) is 7.52. The summed E-state index contributed by atoms with van der Waals surface area (Å²) in [5.41, 5.74) is 4.07. The fourth-order valence-electron chi connectivity index (χ4n) is 2.75. The average molecular weight is 351 g/mol. The third-order valence-corrected chi connectivity index (χ3v) is 4.28. The molecule has 3 nitrogen and oxygen atoms in total. The minimum absolute atomic E-state index is 0.215. The molecule has 0 saturated carbocycles. The number of benzene rings is 2. The number of rotatable bonds is 5. The van der Waals surface area contributed by atoms with Crippen molar-refractivity contribution in [2.45, 2.75) is 13.5 Å². The number of carbonyl (C=O) groups excluding carboxylic acids is 1. The van der Waals surface area contributed by atoms with Crippen LogP contribution in [0.1, 0.15) is 18.1 Å². The molecule has 0 saturated heterocycles. The summed E-state index contributed by atoms with van der Waals surface area (Å²) in [6.45, 7) is 6.48. The van der Waals surface area contributed by atoms with Crippen molar-refractivity contribution in [1.29, 1.82) is 0 Å². The zero-order valence-corrected chi connectivity index (χ0v) is 14.8. The van der Waals surface area contributed by atoms with Gasteiger partial charge in [-0.3, -0.25) is 4.79 Å². The second-order valence-electron chi connectivity index (χ2n) is 5.68. The van der Waals surface area contributed by atoms with Gasteiger partial charge in [0.2, 0.25) is 5.91 Å². The van der Waals surface area contributed by atoms with E-state index in [2.05, 4.69) is 41.7 Å². The quantitative estimate of drug-likeness (QED) is 0.596. The topological polar surface area (TPSA) is 34.0 Å². The van der Waals surface area contributed by atoms with Crippen molar-refractivity contribution >= 4 is 46.3 Å². The fraction of sp³-hybridized carbons (Fsp3) is 0.0952. The molecule has 0 atom stereocenters. The molecule has 0 bridgehead atoms. The van der Waals surface area contributed by atoms with Crippen LogP contribution in [-0.2, 0) is 11.3 Å². The highest BCUT2D eigenvalue weighted by molar-refractivity contribution is 6.30. The van der Waals surface area contributed by atoms with E-state index in [1.54, 1.807) is 0 Å². The molecule has 0 aliphatic rings. The van der Waals surface area contributed by atoms with E-state index in [0.717, 1.165) is 39.3 Å². The highest BCUT2D eigenvalue weighted by Gasteiger charge is 2.07. The standard InChI is InChI=1S/C21H19ClN2O/c1-3-21(25)23-18-11-12-20-19(13-18)16(14-24(20)4-2)8-5-15-6-9-17(22)10-7-15/h3,5-14H,1,4H2,2H3,(H,23,25)/b8-5+. The number of fused-ring (bicyclic) bond motifs is 1. The number of nitrogens with one attached hydrogen (secondary N) is 1. The van der Waals surface area contributed by atoms with E-state index < -0.39 is 0 Å². The Morgan fingerprint density at radius 2 is 1.96 bits per heavy atom.